The molecular formula is C13H10BrCl2NO. The summed E-state index contributed by atoms with van der Waals surface area (Å²) in [6.45, 7) is 2.26. The highest BCUT2D eigenvalue weighted by atomic mass is 79.9. The van der Waals surface area contributed by atoms with Crippen LogP contribution in [0.3, 0.4) is 0 Å². The van der Waals surface area contributed by atoms with Crippen LogP contribution in [-0.2, 0) is 6.54 Å². The summed E-state index contributed by atoms with van der Waals surface area (Å²) >= 11 is 15.2. The molecule has 0 aliphatic heterocycles. The second kappa shape index (κ2) is 5.47. The van der Waals surface area contributed by atoms with E-state index in [0.717, 1.165) is 10.0 Å². The van der Waals surface area contributed by atoms with Crippen molar-refractivity contribution in [3.8, 4) is 0 Å². The largest absolute Gasteiger partial charge is 0.310 e. The van der Waals surface area contributed by atoms with Crippen molar-refractivity contribution in [2.75, 3.05) is 0 Å². The number of aryl methyl sites for hydroxylation is 1. The molecule has 18 heavy (non-hydrogen) atoms. The van der Waals surface area contributed by atoms with Gasteiger partial charge in [0.15, 0.2) is 0 Å². The molecule has 0 aliphatic rings. The van der Waals surface area contributed by atoms with Crippen LogP contribution >= 0.6 is 39.1 Å². The first-order valence-corrected chi connectivity index (χ1v) is 6.83. The number of aromatic nitrogens is 1. The Kier molecular flexibility index (Phi) is 4.15. The Hall–Kier alpha value is -0.770. The molecule has 0 amide bonds. The van der Waals surface area contributed by atoms with E-state index in [-0.39, 0.29) is 5.56 Å². The standard InChI is InChI=1S/C13H10BrCl2NO/c1-8-4-10(14)7-17(13(8)18)6-9-2-3-11(15)12(16)5-9/h2-5,7H,6H2,1H3. The molecule has 1 aromatic heterocycles. The molecule has 0 radical (unpaired) electrons. The molecule has 0 bridgehead atoms. The van der Waals surface area contributed by atoms with Gasteiger partial charge in [0.05, 0.1) is 16.6 Å². The maximum Gasteiger partial charge on any atom is 0.253 e. The summed E-state index contributed by atoms with van der Waals surface area (Å²) in [5.74, 6) is 0. The first-order chi connectivity index (χ1) is 8.47. The summed E-state index contributed by atoms with van der Waals surface area (Å²) in [6, 6.07) is 7.16. The van der Waals surface area contributed by atoms with Crippen LogP contribution in [0.5, 0.6) is 0 Å². The molecule has 1 aromatic carbocycles. The minimum Gasteiger partial charge on any atom is -0.310 e. The molecule has 5 heteroatoms. The summed E-state index contributed by atoms with van der Waals surface area (Å²) in [4.78, 5) is 12.0. The highest BCUT2D eigenvalue weighted by Crippen LogP contribution is 2.23. The third-order valence-corrected chi connectivity index (χ3v) is 3.74. The Morgan fingerprint density at radius 3 is 2.61 bits per heavy atom. The zero-order valence-electron chi connectivity index (χ0n) is 9.58. The molecule has 94 valence electrons. The molecule has 0 N–H and O–H groups in total. The smallest absolute Gasteiger partial charge is 0.253 e. The summed E-state index contributed by atoms with van der Waals surface area (Å²) in [5.41, 5.74) is 1.62. The Labute approximate surface area is 123 Å². The van der Waals surface area contributed by atoms with Crippen molar-refractivity contribution in [2.45, 2.75) is 13.5 Å². The van der Waals surface area contributed by atoms with Gasteiger partial charge in [0.25, 0.3) is 5.56 Å². The summed E-state index contributed by atoms with van der Waals surface area (Å²) in [7, 11) is 0. The first kappa shape index (κ1) is 13.7. The van der Waals surface area contributed by atoms with E-state index in [9.17, 15) is 4.79 Å². The topological polar surface area (TPSA) is 22.0 Å². The van der Waals surface area contributed by atoms with E-state index in [1.165, 1.54) is 0 Å². The predicted molar refractivity (Wildman–Crippen MR) is 78.7 cm³/mol. The van der Waals surface area contributed by atoms with Crippen molar-refractivity contribution < 1.29 is 0 Å². The second-order valence-electron chi connectivity index (χ2n) is 4.02. The van der Waals surface area contributed by atoms with E-state index in [4.69, 9.17) is 23.2 Å². The number of hydrogen-bond donors (Lipinski definition) is 0. The zero-order chi connectivity index (χ0) is 13.3. The van der Waals surface area contributed by atoms with Gasteiger partial charge in [-0.1, -0.05) is 29.3 Å². The first-order valence-electron chi connectivity index (χ1n) is 5.28. The van der Waals surface area contributed by atoms with Gasteiger partial charge in [0.1, 0.15) is 0 Å². The van der Waals surface area contributed by atoms with Gasteiger partial charge in [-0.2, -0.15) is 0 Å². The fourth-order valence-electron chi connectivity index (χ4n) is 1.69. The molecule has 1 heterocycles. The molecule has 0 saturated heterocycles. The fraction of sp³-hybridized carbons (Fsp3) is 0.154. The number of halogens is 3. The van der Waals surface area contributed by atoms with Crippen LogP contribution in [0.1, 0.15) is 11.1 Å². The summed E-state index contributed by atoms with van der Waals surface area (Å²) in [6.07, 6.45) is 1.76. The Morgan fingerprint density at radius 1 is 1.22 bits per heavy atom. The van der Waals surface area contributed by atoms with Gasteiger partial charge in [-0.25, -0.2) is 0 Å². The fourth-order valence-corrected chi connectivity index (χ4v) is 2.60. The summed E-state index contributed by atoms with van der Waals surface area (Å²) < 4.78 is 2.51. The van der Waals surface area contributed by atoms with Gasteiger partial charge in [-0.05, 0) is 46.6 Å². The molecule has 0 fully saturated rings. The minimum absolute atomic E-state index is 0.00993. The predicted octanol–water partition coefficient (Wildman–Crippen LogP) is 4.27. The Balaban J connectivity index is 2.40. The number of hydrogen-bond acceptors (Lipinski definition) is 1. The minimum atomic E-state index is -0.00993. The van der Waals surface area contributed by atoms with Gasteiger partial charge in [0.2, 0.25) is 0 Å². The third kappa shape index (κ3) is 2.97. The quantitative estimate of drug-likeness (QED) is 0.795. The van der Waals surface area contributed by atoms with Gasteiger partial charge >= 0.3 is 0 Å². The number of rotatable bonds is 2. The van der Waals surface area contributed by atoms with Crippen molar-refractivity contribution in [1.29, 1.82) is 0 Å². The number of nitrogens with zero attached hydrogens (tertiary/aromatic N) is 1. The lowest BCUT2D eigenvalue weighted by Crippen LogP contribution is -2.22. The molecule has 0 saturated carbocycles. The van der Waals surface area contributed by atoms with Crippen LogP contribution in [0.25, 0.3) is 0 Å². The lowest BCUT2D eigenvalue weighted by atomic mass is 10.2. The van der Waals surface area contributed by atoms with Gasteiger partial charge in [-0.3, -0.25) is 4.79 Å². The lowest BCUT2D eigenvalue weighted by Gasteiger charge is -2.08. The average Bonchev–Trinajstić information content (AvgIpc) is 2.30. The third-order valence-electron chi connectivity index (χ3n) is 2.57. The van der Waals surface area contributed by atoms with Crippen LogP contribution in [0.15, 0.2) is 39.7 Å². The highest BCUT2D eigenvalue weighted by Gasteiger charge is 2.04. The normalized spacial score (nSPS) is 10.7. The van der Waals surface area contributed by atoms with Crippen LogP contribution in [0.2, 0.25) is 10.0 Å². The van der Waals surface area contributed by atoms with Gasteiger partial charge in [0, 0.05) is 16.2 Å². The molecule has 0 aliphatic carbocycles. The van der Waals surface area contributed by atoms with Crippen LogP contribution in [-0.4, -0.2) is 4.57 Å². The van der Waals surface area contributed by atoms with E-state index in [2.05, 4.69) is 15.9 Å². The molecule has 0 unspecified atom stereocenters. The SMILES string of the molecule is Cc1cc(Br)cn(Cc2ccc(Cl)c(Cl)c2)c1=O. The van der Waals surface area contributed by atoms with E-state index in [0.29, 0.717) is 22.2 Å². The molecular weight excluding hydrogens is 337 g/mol. The van der Waals surface area contributed by atoms with Gasteiger partial charge in [-0.15, -0.1) is 0 Å². The molecule has 2 nitrogen and oxygen atoms in total. The maximum absolute atomic E-state index is 12.0. The second-order valence-corrected chi connectivity index (χ2v) is 5.75. The van der Waals surface area contributed by atoms with E-state index in [1.54, 1.807) is 35.9 Å². The van der Waals surface area contributed by atoms with Crippen LogP contribution < -0.4 is 5.56 Å². The zero-order valence-corrected chi connectivity index (χ0v) is 12.7. The molecule has 2 aromatic rings. The molecule has 0 spiro atoms. The van der Waals surface area contributed by atoms with Crippen LogP contribution in [0, 0.1) is 6.92 Å². The maximum atomic E-state index is 12.0. The van der Waals surface area contributed by atoms with Gasteiger partial charge < -0.3 is 4.57 Å². The number of pyridine rings is 1. The van der Waals surface area contributed by atoms with Crippen molar-refractivity contribution in [3.05, 3.63) is 66.5 Å². The Bertz CT molecular complexity index is 652. The van der Waals surface area contributed by atoms with Crippen molar-refractivity contribution in [3.63, 3.8) is 0 Å². The van der Waals surface area contributed by atoms with Crippen molar-refractivity contribution in [1.82, 2.24) is 4.57 Å². The van der Waals surface area contributed by atoms with Crippen molar-refractivity contribution >= 4 is 39.1 Å². The average molecular weight is 347 g/mol. The Morgan fingerprint density at radius 2 is 1.94 bits per heavy atom. The van der Waals surface area contributed by atoms with Crippen molar-refractivity contribution in [2.24, 2.45) is 0 Å². The molecule has 0 atom stereocenters. The number of benzene rings is 1. The van der Waals surface area contributed by atoms with Crippen LogP contribution in [0.4, 0.5) is 0 Å². The van der Waals surface area contributed by atoms with E-state index >= 15 is 0 Å². The van der Waals surface area contributed by atoms with E-state index < -0.39 is 0 Å². The monoisotopic (exact) mass is 345 g/mol. The highest BCUT2D eigenvalue weighted by molar-refractivity contribution is 9.10. The molecule has 2 rings (SSSR count). The van der Waals surface area contributed by atoms with E-state index in [1.807, 2.05) is 6.07 Å². The lowest BCUT2D eigenvalue weighted by molar-refractivity contribution is 0.749. The summed E-state index contributed by atoms with van der Waals surface area (Å²) in [5, 5.41) is 1.01.